The van der Waals surface area contributed by atoms with E-state index in [1.54, 1.807) is 13.0 Å². The van der Waals surface area contributed by atoms with Gasteiger partial charge in [0.25, 0.3) is 5.69 Å². The minimum Gasteiger partial charge on any atom is -0.382 e. The molecule has 19 heavy (non-hydrogen) atoms. The van der Waals surface area contributed by atoms with E-state index in [0.29, 0.717) is 6.04 Å². The van der Waals surface area contributed by atoms with Gasteiger partial charge in [0.1, 0.15) is 0 Å². The summed E-state index contributed by atoms with van der Waals surface area (Å²) in [4.78, 5) is 10.6. The topological polar surface area (TPSA) is 55.2 Å². The normalized spacial score (nSPS) is 16.9. The van der Waals surface area contributed by atoms with Crippen LogP contribution in [0, 0.1) is 24.0 Å². The zero-order valence-electron chi connectivity index (χ0n) is 11.7. The molecular formula is C15H22N2O2. The zero-order chi connectivity index (χ0) is 13.8. The Balaban J connectivity index is 2.16. The van der Waals surface area contributed by atoms with Gasteiger partial charge in [-0.15, -0.1) is 0 Å². The van der Waals surface area contributed by atoms with Crippen LogP contribution in [0.5, 0.6) is 0 Å². The van der Waals surface area contributed by atoms with Crippen LogP contribution in [0.3, 0.4) is 0 Å². The summed E-state index contributed by atoms with van der Waals surface area (Å²) in [6.45, 7) is 3.74. The first kappa shape index (κ1) is 13.8. The quantitative estimate of drug-likeness (QED) is 0.500. The Labute approximate surface area is 114 Å². The maximum Gasteiger partial charge on any atom is 0.272 e. The molecule has 0 amide bonds. The lowest BCUT2D eigenvalue weighted by Gasteiger charge is -2.19. The molecule has 0 spiro atoms. The molecule has 1 aliphatic carbocycles. The Kier molecular flexibility index (Phi) is 4.40. The summed E-state index contributed by atoms with van der Waals surface area (Å²) in [5, 5.41) is 14.5. The van der Waals surface area contributed by atoms with Crippen molar-refractivity contribution in [2.24, 2.45) is 0 Å². The molecule has 0 unspecified atom stereocenters. The van der Waals surface area contributed by atoms with Gasteiger partial charge in [-0.1, -0.05) is 25.7 Å². The van der Waals surface area contributed by atoms with E-state index in [2.05, 4.69) is 5.32 Å². The molecule has 0 aromatic heterocycles. The van der Waals surface area contributed by atoms with Crippen LogP contribution in [0.15, 0.2) is 12.1 Å². The average Bonchev–Trinajstić information content (AvgIpc) is 2.61. The van der Waals surface area contributed by atoms with Crippen LogP contribution >= 0.6 is 0 Å². The molecule has 4 heteroatoms. The average molecular weight is 262 g/mol. The predicted octanol–water partition coefficient (Wildman–Crippen LogP) is 4.35. The standard InChI is InChI=1S/C15H22N2O2/c1-11-10-15(17(18)19)12(2)9-14(11)16-13-7-5-3-4-6-8-13/h9-10,13,16H,3-8H2,1-2H3. The smallest absolute Gasteiger partial charge is 0.272 e. The summed E-state index contributed by atoms with van der Waals surface area (Å²) in [5.74, 6) is 0. The Hall–Kier alpha value is -1.58. The summed E-state index contributed by atoms with van der Waals surface area (Å²) in [7, 11) is 0. The third-order valence-electron chi connectivity index (χ3n) is 3.95. The van der Waals surface area contributed by atoms with E-state index in [9.17, 15) is 10.1 Å². The van der Waals surface area contributed by atoms with Crippen LogP contribution in [0.4, 0.5) is 11.4 Å². The molecule has 1 fully saturated rings. The van der Waals surface area contributed by atoms with Gasteiger partial charge in [0.05, 0.1) is 4.92 Å². The number of aryl methyl sites for hydroxylation is 2. The van der Waals surface area contributed by atoms with Gasteiger partial charge >= 0.3 is 0 Å². The summed E-state index contributed by atoms with van der Waals surface area (Å²) in [6, 6.07) is 4.11. The van der Waals surface area contributed by atoms with Crippen LogP contribution in [-0.4, -0.2) is 11.0 Å². The summed E-state index contributed by atoms with van der Waals surface area (Å²) in [6.07, 6.45) is 7.63. The maximum atomic E-state index is 10.9. The van der Waals surface area contributed by atoms with E-state index in [0.717, 1.165) is 16.8 Å². The molecule has 0 atom stereocenters. The van der Waals surface area contributed by atoms with Crippen LogP contribution in [0.1, 0.15) is 49.7 Å². The van der Waals surface area contributed by atoms with Crippen molar-refractivity contribution >= 4 is 11.4 Å². The molecule has 1 saturated carbocycles. The van der Waals surface area contributed by atoms with E-state index in [1.165, 1.54) is 38.5 Å². The van der Waals surface area contributed by atoms with Crippen LogP contribution < -0.4 is 5.32 Å². The van der Waals surface area contributed by atoms with Crippen LogP contribution in [-0.2, 0) is 0 Å². The molecule has 0 aliphatic heterocycles. The fraction of sp³-hybridized carbons (Fsp3) is 0.600. The van der Waals surface area contributed by atoms with Crippen LogP contribution in [0.25, 0.3) is 0 Å². The van der Waals surface area contributed by atoms with Crippen molar-refractivity contribution in [3.05, 3.63) is 33.4 Å². The number of anilines is 1. The second-order valence-corrected chi connectivity index (χ2v) is 5.54. The fourth-order valence-electron chi connectivity index (χ4n) is 2.80. The van der Waals surface area contributed by atoms with Gasteiger partial charge < -0.3 is 5.32 Å². The van der Waals surface area contributed by atoms with E-state index < -0.39 is 0 Å². The van der Waals surface area contributed by atoms with Crippen molar-refractivity contribution in [3.63, 3.8) is 0 Å². The molecule has 0 saturated heterocycles. The molecule has 1 aromatic carbocycles. The van der Waals surface area contributed by atoms with Crippen molar-refractivity contribution < 1.29 is 4.92 Å². The SMILES string of the molecule is Cc1cc([N+](=O)[O-])c(C)cc1NC1CCCCCC1. The van der Waals surface area contributed by atoms with E-state index in [1.807, 2.05) is 13.0 Å². The van der Waals surface area contributed by atoms with Gasteiger partial charge in [0.15, 0.2) is 0 Å². The minimum absolute atomic E-state index is 0.212. The highest BCUT2D eigenvalue weighted by molar-refractivity contribution is 5.59. The molecule has 2 rings (SSSR count). The number of nitro groups is 1. The van der Waals surface area contributed by atoms with E-state index in [-0.39, 0.29) is 10.6 Å². The molecule has 1 aromatic rings. The van der Waals surface area contributed by atoms with Gasteiger partial charge in [-0.2, -0.15) is 0 Å². The largest absolute Gasteiger partial charge is 0.382 e. The third-order valence-corrected chi connectivity index (χ3v) is 3.95. The summed E-state index contributed by atoms with van der Waals surface area (Å²) >= 11 is 0. The van der Waals surface area contributed by atoms with Gasteiger partial charge in [-0.3, -0.25) is 10.1 Å². The molecular weight excluding hydrogens is 240 g/mol. The molecule has 104 valence electrons. The van der Waals surface area contributed by atoms with E-state index >= 15 is 0 Å². The van der Waals surface area contributed by atoms with Crippen molar-refractivity contribution in [1.82, 2.24) is 0 Å². The van der Waals surface area contributed by atoms with Crippen molar-refractivity contribution in [3.8, 4) is 0 Å². The third kappa shape index (κ3) is 3.46. The number of hydrogen-bond donors (Lipinski definition) is 1. The Morgan fingerprint density at radius 2 is 1.74 bits per heavy atom. The van der Waals surface area contributed by atoms with Crippen molar-refractivity contribution in [1.29, 1.82) is 0 Å². The number of nitro benzene ring substituents is 1. The number of nitrogens with one attached hydrogen (secondary N) is 1. The first-order chi connectivity index (χ1) is 9.08. The summed E-state index contributed by atoms with van der Waals surface area (Å²) < 4.78 is 0. The lowest BCUT2D eigenvalue weighted by molar-refractivity contribution is -0.385. The summed E-state index contributed by atoms with van der Waals surface area (Å²) in [5.41, 5.74) is 2.95. The molecule has 4 nitrogen and oxygen atoms in total. The van der Waals surface area contributed by atoms with Crippen molar-refractivity contribution in [2.45, 2.75) is 58.4 Å². The molecule has 0 bridgehead atoms. The lowest BCUT2D eigenvalue weighted by Crippen LogP contribution is -2.19. The van der Waals surface area contributed by atoms with Crippen LogP contribution in [0.2, 0.25) is 0 Å². The second-order valence-electron chi connectivity index (χ2n) is 5.54. The molecule has 0 heterocycles. The lowest BCUT2D eigenvalue weighted by atomic mass is 10.1. The predicted molar refractivity (Wildman–Crippen MR) is 77.7 cm³/mol. The Morgan fingerprint density at radius 1 is 1.11 bits per heavy atom. The first-order valence-corrected chi connectivity index (χ1v) is 7.10. The number of hydrogen-bond acceptors (Lipinski definition) is 3. The highest BCUT2D eigenvalue weighted by Gasteiger charge is 2.16. The number of benzene rings is 1. The van der Waals surface area contributed by atoms with Gasteiger partial charge in [-0.25, -0.2) is 0 Å². The minimum atomic E-state index is -0.308. The van der Waals surface area contributed by atoms with Gasteiger partial charge in [0, 0.05) is 23.4 Å². The molecule has 1 N–H and O–H groups in total. The number of nitrogens with zero attached hydrogens (tertiary/aromatic N) is 1. The van der Waals surface area contributed by atoms with Gasteiger partial charge in [0.2, 0.25) is 0 Å². The molecule has 1 aliphatic rings. The first-order valence-electron chi connectivity index (χ1n) is 7.10. The zero-order valence-corrected chi connectivity index (χ0v) is 11.7. The fourth-order valence-corrected chi connectivity index (χ4v) is 2.80. The van der Waals surface area contributed by atoms with Crippen molar-refractivity contribution in [2.75, 3.05) is 5.32 Å². The maximum absolute atomic E-state index is 10.9. The highest BCUT2D eigenvalue weighted by Crippen LogP contribution is 2.28. The molecule has 0 radical (unpaired) electrons. The van der Waals surface area contributed by atoms with E-state index in [4.69, 9.17) is 0 Å². The number of rotatable bonds is 3. The Bertz CT molecular complexity index is 463. The second kappa shape index (κ2) is 6.04. The monoisotopic (exact) mass is 262 g/mol. The van der Waals surface area contributed by atoms with Gasteiger partial charge in [-0.05, 0) is 38.3 Å². The highest BCUT2D eigenvalue weighted by atomic mass is 16.6. The Morgan fingerprint density at radius 3 is 2.32 bits per heavy atom.